The summed E-state index contributed by atoms with van der Waals surface area (Å²) in [7, 11) is 0. The molecule has 2 atom stereocenters. The Bertz CT molecular complexity index is 405. The summed E-state index contributed by atoms with van der Waals surface area (Å²) < 4.78 is 2.42. The molecule has 0 saturated carbocycles. The van der Waals surface area contributed by atoms with Crippen LogP contribution in [0.5, 0.6) is 0 Å². The van der Waals surface area contributed by atoms with E-state index in [1.165, 1.54) is 24.1 Å². The predicted octanol–water partition coefficient (Wildman–Crippen LogP) is 3.14. The topological polar surface area (TPSA) is 25.2 Å². The molecule has 1 heterocycles. The van der Waals surface area contributed by atoms with Crippen molar-refractivity contribution in [2.24, 2.45) is 0 Å². The monoisotopic (exact) mass is 217 g/mol. The van der Waals surface area contributed by atoms with Gasteiger partial charge in [0.25, 0.3) is 0 Å². The zero-order chi connectivity index (χ0) is 11.0. The Hall–Kier alpha value is -1.02. The quantitative estimate of drug-likeness (QED) is 0.718. The maximum Gasteiger partial charge on any atom is 0.0807 e. The fourth-order valence-corrected chi connectivity index (χ4v) is 3.06. The van der Waals surface area contributed by atoms with Crippen molar-refractivity contribution in [3.63, 3.8) is 0 Å². The smallest absolute Gasteiger partial charge is 0.0807 e. The first-order valence-corrected chi connectivity index (χ1v) is 6.39. The van der Waals surface area contributed by atoms with Gasteiger partial charge in [-0.25, -0.2) is 0 Å². The number of aliphatic hydroxyl groups is 1. The highest BCUT2D eigenvalue weighted by atomic mass is 16.3. The zero-order valence-electron chi connectivity index (χ0n) is 9.60. The van der Waals surface area contributed by atoms with Gasteiger partial charge in [-0.1, -0.05) is 12.2 Å². The molecule has 2 unspecified atom stereocenters. The van der Waals surface area contributed by atoms with Crippen LogP contribution in [-0.4, -0.2) is 9.67 Å². The Morgan fingerprint density at radius 2 is 2.19 bits per heavy atom. The first kappa shape index (κ1) is 10.2. The summed E-state index contributed by atoms with van der Waals surface area (Å²) in [4.78, 5) is 0. The molecule has 2 aliphatic rings. The predicted molar refractivity (Wildman–Crippen MR) is 64.4 cm³/mol. The van der Waals surface area contributed by atoms with Gasteiger partial charge in [-0.3, -0.25) is 0 Å². The highest BCUT2D eigenvalue weighted by molar-refractivity contribution is 5.28. The number of hydrogen-bond acceptors (Lipinski definition) is 1. The number of allylic oxidation sites excluding steroid dienone is 2. The SMILES string of the molecule is OC1CCCc2c1ccn2C1CC=CCC1. The van der Waals surface area contributed by atoms with Crippen molar-refractivity contribution < 1.29 is 5.11 Å². The summed E-state index contributed by atoms with van der Waals surface area (Å²) in [5, 5.41) is 9.95. The number of aromatic nitrogens is 1. The molecule has 0 aliphatic heterocycles. The van der Waals surface area contributed by atoms with Crippen molar-refractivity contribution in [1.82, 2.24) is 4.57 Å². The van der Waals surface area contributed by atoms with E-state index < -0.39 is 0 Å². The molecule has 0 saturated heterocycles. The molecule has 1 N–H and O–H groups in total. The minimum Gasteiger partial charge on any atom is -0.388 e. The zero-order valence-corrected chi connectivity index (χ0v) is 9.60. The largest absolute Gasteiger partial charge is 0.388 e. The summed E-state index contributed by atoms with van der Waals surface area (Å²) in [6.07, 6.45) is 13.3. The summed E-state index contributed by atoms with van der Waals surface area (Å²) >= 11 is 0. The molecule has 16 heavy (non-hydrogen) atoms. The van der Waals surface area contributed by atoms with Crippen LogP contribution < -0.4 is 0 Å². The van der Waals surface area contributed by atoms with E-state index in [1.54, 1.807) is 0 Å². The van der Waals surface area contributed by atoms with Gasteiger partial charge in [-0.15, -0.1) is 0 Å². The highest BCUT2D eigenvalue weighted by Gasteiger charge is 2.24. The van der Waals surface area contributed by atoms with Crippen LogP contribution in [-0.2, 0) is 6.42 Å². The molecule has 0 aromatic carbocycles. The Labute approximate surface area is 96.6 Å². The molecule has 2 aliphatic carbocycles. The van der Waals surface area contributed by atoms with Crippen molar-refractivity contribution in [2.75, 3.05) is 0 Å². The lowest BCUT2D eigenvalue weighted by Crippen LogP contribution is -2.16. The Morgan fingerprint density at radius 3 is 3.00 bits per heavy atom. The lowest BCUT2D eigenvalue weighted by atomic mass is 9.94. The minimum atomic E-state index is -0.218. The van der Waals surface area contributed by atoms with E-state index in [9.17, 15) is 5.11 Å². The molecular weight excluding hydrogens is 198 g/mol. The van der Waals surface area contributed by atoms with Crippen molar-refractivity contribution in [1.29, 1.82) is 0 Å². The van der Waals surface area contributed by atoms with E-state index in [0.29, 0.717) is 6.04 Å². The molecule has 0 bridgehead atoms. The van der Waals surface area contributed by atoms with Crippen molar-refractivity contribution in [3.8, 4) is 0 Å². The summed E-state index contributed by atoms with van der Waals surface area (Å²) in [5.41, 5.74) is 2.57. The van der Waals surface area contributed by atoms with Crippen molar-refractivity contribution >= 4 is 0 Å². The van der Waals surface area contributed by atoms with E-state index in [-0.39, 0.29) is 6.10 Å². The van der Waals surface area contributed by atoms with Gasteiger partial charge in [-0.2, -0.15) is 0 Å². The number of rotatable bonds is 1. The average molecular weight is 217 g/mol. The standard InChI is InChI=1S/C14H19NO/c16-14-8-4-7-13-12(14)9-10-15(13)11-5-2-1-3-6-11/h1-2,9-11,14,16H,3-8H2. The van der Waals surface area contributed by atoms with Gasteiger partial charge in [0, 0.05) is 23.5 Å². The van der Waals surface area contributed by atoms with E-state index in [1.807, 2.05) is 0 Å². The molecule has 2 heteroatoms. The molecule has 0 fully saturated rings. The van der Waals surface area contributed by atoms with Gasteiger partial charge < -0.3 is 9.67 Å². The molecule has 2 nitrogen and oxygen atoms in total. The van der Waals surface area contributed by atoms with Crippen LogP contribution >= 0.6 is 0 Å². The number of hydrogen-bond donors (Lipinski definition) is 1. The fourth-order valence-electron chi connectivity index (χ4n) is 3.06. The third kappa shape index (κ3) is 1.61. The lowest BCUT2D eigenvalue weighted by molar-refractivity contribution is 0.155. The van der Waals surface area contributed by atoms with Gasteiger partial charge in [0.2, 0.25) is 0 Å². The van der Waals surface area contributed by atoms with Gasteiger partial charge in [0.05, 0.1) is 6.10 Å². The van der Waals surface area contributed by atoms with Crippen molar-refractivity contribution in [3.05, 3.63) is 35.7 Å². The second-order valence-electron chi connectivity index (χ2n) is 4.97. The number of aliphatic hydroxyl groups excluding tert-OH is 1. The average Bonchev–Trinajstić information content (AvgIpc) is 2.75. The molecule has 3 rings (SSSR count). The summed E-state index contributed by atoms with van der Waals surface area (Å²) in [6.45, 7) is 0. The molecule has 1 aromatic heterocycles. The van der Waals surface area contributed by atoms with Gasteiger partial charge in [0.1, 0.15) is 0 Å². The number of fused-ring (bicyclic) bond motifs is 1. The Morgan fingerprint density at radius 1 is 1.25 bits per heavy atom. The van der Waals surface area contributed by atoms with Crippen LogP contribution in [0.25, 0.3) is 0 Å². The second-order valence-corrected chi connectivity index (χ2v) is 4.97. The van der Waals surface area contributed by atoms with Crippen LogP contribution in [0.3, 0.4) is 0 Å². The molecule has 0 spiro atoms. The van der Waals surface area contributed by atoms with E-state index in [4.69, 9.17) is 0 Å². The molecule has 0 amide bonds. The van der Waals surface area contributed by atoms with E-state index in [2.05, 4.69) is 29.0 Å². The first-order valence-electron chi connectivity index (χ1n) is 6.39. The van der Waals surface area contributed by atoms with Gasteiger partial charge in [-0.05, 0) is 44.6 Å². The maximum atomic E-state index is 9.95. The summed E-state index contributed by atoms with van der Waals surface area (Å²) in [6, 6.07) is 2.75. The molecular formula is C14H19NO. The summed E-state index contributed by atoms with van der Waals surface area (Å²) in [5.74, 6) is 0. The Balaban J connectivity index is 1.93. The van der Waals surface area contributed by atoms with Crippen LogP contribution in [0.1, 0.15) is 55.5 Å². The van der Waals surface area contributed by atoms with E-state index in [0.717, 1.165) is 25.7 Å². The Kier molecular flexibility index (Phi) is 2.60. The normalized spacial score (nSPS) is 29.1. The van der Waals surface area contributed by atoms with Crippen LogP contribution in [0, 0.1) is 0 Å². The lowest BCUT2D eigenvalue weighted by Gasteiger charge is -2.26. The first-order chi connectivity index (χ1) is 7.86. The molecule has 1 aromatic rings. The van der Waals surface area contributed by atoms with Crippen LogP contribution in [0.4, 0.5) is 0 Å². The number of nitrogens with zero attached hydrogens (tertiary/aromatic N) is 1. The van der Waals surface area contributed by atoms with Crippen LogP contribution in [0.15, 0.2) is 24.4 Å². The van der Waals surface area contributed by atoms with Crippen molar-refractivity contribution in [2.45, 2.75) is 50.7 Å². The third-order valence-electron chi connectivity index (χ3n) is 3.94. The third-order valence-corrected chi connectivity index (χ3v) is 3.94. The molecule has 86 valence electrons. The highest BCUT2D eigenvalue weighted by Crippen LogP contribution is 2.34. The van der Waals surface area contributed by atoms with Gasteiger partial charge >= 0.3 is 0 Å². The second kappa shape index (κ2) is 4.10. The van der Waals surface area contributed by atoms with E-state index >= 15 is 0 Å². The van der Waals surface area contributed by atoms with Crippen LogP contribution in [0.2, 0.25) is 0 Å². The minimum absolute atomic E-state index is 0.218. The molecule has 0 radical (unpaired) electrons. The fraction of sp³-hybridized carbons (Fsp3) is 0.571. The van der Waals surface area contributed by atoms with Gasteiger partial charge in [0.15, 0.2) is 0 Å². The maximum absolute atomic E-state index is 9.95.